The molecule has 0 aliphatic carbocycles. The van der Waals surface area contributed by atoms with Gasteiger partial charge in [0.2, 0.25) is 0 Å². The molecule has 0 saturated carbocycles. The molecule has 28 heavy (non-hydrogen) atoms. The van der Waals surface area contributed by atoms with Gasteiger partial charge in [-0.15, -0.1) is 22.7 Å². The molecule has 1 fully saturated rings. The quantitative estimate of drug-likeness (QED) is 0.582. The number of aromatic nitrogens is 3. The number of nitrogens with zero attached hydrogens (tertiary/aromatic N) is 4. The first-order valence-electron chi connectivity index (χ1n) is 9.80. The molecule has 1 aliphatic heterocycles. The van der Waals surface area contributed by atoms with E-state index in [0.29, 0.717) is 12.5 Å². The highest BCUT2D eigenvalue weighted by Gasteiger charge is 2.23. The number of hydrogen-bond donors (Lipinski definition) is 0. The Bertz CT molecular complexity index is 928. The Balaban J connectivity index is 1.52. The third kappa shape index (κ3) is 4.26. The van der Waals surface area contributed by atoms with Crippen LogP contribution in [0.3, 0.4) is 0 Å². The zero-order valence-corrected chi connectivity index (χ0v) is 18.3. The first-order chi connectivity index (χ1) is 13.6. The number of hydrogen-bond acceptors (Lipinski definition) is 7. The molecule has 5 nitrogen and oxygen atoms in total. The molecule has 3 aromatic heterocycles. The third-order valence-corrected chi connectivity index (χ3v) is 7.36. The summed E-state index contributed by atoms with van der Waals surface area (Å²) in [6, 6.07) is 1.93. The molecule has 148 valence electrons. The Hall–Kier alpha value is -1.83. The second-order valence-electron chi connectivity index (χ2n) is 7.26. The summed E-state index contributed by atoms with van der Waals surface area (Å²) in [6.07, 6.45) is 6.79. The second kappa shape index (κ2) is 8.68. The maximum atomic E-state index is 5.72. The van der Waals surface area contributed by atoms with Gasteiger partial charge in [0.15, 0.2) is 0 Å². The molecule has 0 N–H and O–H groups in total. The van der Waals surface area contributed by atoms with E-state index in [-0.39, 0.29) is 0 Å². The van der Waals surface area contributed by atoms with E-state index in [4.69, 9.17) is 14.7 Å². The number of pyridine rings is 1. The minimum Gasteiger partial charge on any atom is -0.493 e. The predicted molar refractivity (Wildman–Crippen MR) is 116 cm³/mol. The average molecular weight is 415 g/mol. The number of ether oxygens (including phenoxy) is 1. The Morgan fingerprint density at radius 3 is 2.86 bits per heavy atom. The van der Waals surface area contributed by atoms with Crippen LogP contribution in [0, 0.1) is 6.92 Å². The van der Waals surface area contributed by atoms with Crippen molar-refractivity contribution in [3.05, 3.63) is 45.1 Å². The topological polar surface area (TPSA) is 51.1 Å². The molecule has 0 atom stereocenters. The zero-order chi connectivity index (χ0) is 19.5. The fourth-order valence-electron chi connectivity index (χ4n) is 3.59. The van der Waals surface area contributed by atoms with Crippen LogP contribution in [0.25, 0.3) is 10.6 Å². The molecule has 3 aromatic rings. The molecule has 0 unspecified atom stereocenters. The molecule has 0 spiro atoms. The van der Waals surface area contributed by atoms with Crippen LogP contribution in [-0.2, 0) is 6.42 Å². The van der Waals surface area contributed by atoms with E-state index in [0.717, 1.165) is 47.2 Å². The van der Waals surface area contributed by atoms with Gasteiger partial charge in [-0.25, -0.2) is 9.97 Å². The third-order valence-electron chi connectivity index (χ3n) is 5.17. The van der Waals surface area contributed by atoms with E-state index in [1.165, 1.54) is 22.7 Å². The zero-order valence-electron chi connectivity index (χ0n) is 16.6. The van der Waals surface area contributed by atoms with E-state index < -0.39 is 0 Å². The van der Waals surface area contributed by atoms with Gasteiger partial charge in [-0.2, -0.15) is 0 Å². The standard InChI is InChI=1S/C21H26N4OS2/c1-4-26-18-5-8-22-12-16(18)11-19-24-17(13-27-19)20-14(2)23-21(28-20)15-6-9-25(3)10-7-15/h5,8,12-13,15H,4,6-7,9-11H2,1-3H3. The van der Waals surface area contributed by atoms with Crippen molar-refractivity contribution in [1.82, 2.24) is 19.9 Å². The van der Waals surface area contributed by atoms with Crippen molar-refractivity contribution >= 4 is 22.7 Å². The largest absolute Gasteiger partial charge is 0.493 e. The molecule has 0 aromatic carbocycles. The predicted octanol–water partition coefficient (Wildman–Crippen LogP) is 4.77. The lowest BCUT2D eigenvalue weighted by Crippen LogP contribution is -2.29. The first-order valence-corrected chi connectivity index (χ1v) is 11.5. The van der Waals surface area contributed by atoms with Gasteiger partial charge in [-0.05, 0) is 52.9 Å². The number of aryl methyl sites for hydroxylation is 1. The van der Waals surface area contributed by atoms with Crippen LogP contribution < -0.4 is 4.74 Å². The Morgan fingerprint density at radius 2 is 2.07 bits per heavy atom. The Labute approximate surface area is 174 Å². The summed E-state index contributed by atoms with van der Waals surface area (Å²) in [4.78, 5) is 17.7. The minimum atomic E-state index is 0.593. The van der Waals surface area contributed by atoms with Crippen LogP contribution in [0.5, 0.6) is 5.75 Å². The van der Waals surface area contributed by atoms with Crippen LogP contribution in [0.4, 0.5) is 0 Å². The maximum Gasteiger partial charge on any atom is 0.125 e. The summed E-state index contributed by atoms with van der Waals surface area (Å²) in [6.45, 7) is 7.08. The molecular formula is C21H26N4OS2. The maximum absolute atomic E-state index is 5.72. The van der Waals surface area contributed by atoms with Crippen LogP contribution in [0.1, 0.15) is 47.0 Å². The van der Waals surface area contributed by atoms with Crippen molar-refractivity contribution in [3.8, 4) is 16.3 Å². The molecule has 7 heteroatoms. The molecular weight excluding hydrogens is 388 g/mol. The highest BCUT2D eigenvalue weighted by atomic mass is 32.1. The van der Waals surface area contributed by atoms with Gasteiger partial charge < -0.3 is 9.64 Å². The van der Waals surface area contributed by atoms with Gasteiger partial charge in [-0.3, -0.25) is 4.98 Å². The summed E-state index contributed by atoms with van der Waals surface area (Å²) in [7, 11) is 2.20. The normalized spacial score (nSPS) is 15.8. The van der Waals surface area contributed by atoms with E-state index in [1.54, 1.807) is 17.5 Å². The van der Waals surface area contributed by atoms with Crippen LogP contribution in [-0.4, -0.2) is 46.6 Å². The Kier molecular flexibility index (Phi) is 6.04. The highest BCUT2D eigenvalue weighted by Crippen LogP contribution is 2.37. The lowest BCUT2D eigenvalue weighted by atomic mass is 9.98. The molecule has 4 heterocycles. The SMILES string of the molecule is CCOc1ccncc1Cc1nc(-c2sc(C3CCN(C)CC3)nc2C)cs1. The summed E-state index contributed by atoms with van der Waals surface area (Å²) in [5, 5.41) is 4.52. The van der Waals surface area contributed by atoms with Crippen molar-refractivity contribution in [2.24, 2.45) is 0 Å². The van der Waals surface area contributed by atoms with Crippen molar-refractivity contribution in [3.63, 3.8) is 0 Å². The fourth-order valence-corrected chi connectivity index (χ4v) is 5.67. The fraction of sp³-hybridized carbons (Fsp3) is 0.476. The molecule has 1 aliphatic rings. The minimum absolute atomic E-state index is 0.593. The number of rotatable bonds is 6. The lowest BCUT2D eigenvalue weighted by Gasteiger charge is -2.27. The monoisotopic (exact) mass is 414 g/mol. The van der Waals surface area contributed by atoms with Crippen molar-refractivity contribution in [2.45, 2.75) is 39.0 Å². The van der Waals surface area contributed by atoms with E-state index in [9.17, 15) is 0 Å². The molecule has 1 saturated heterocycles. The summed E-state index contributed by atoms with van der Waals surface area (Å²) in [5.74, 6) is 1.49. The van der Waals surface area contributed by atoms with Gasteiger partial charge in [-0.1, -0.05) is 0 Å². The number of thiazole rings is 2. The van der Waals surface area contributed by atoms with E-state index in [2.05, 4.69) is 29.2 Å². The molecule has 0 bridgehead atoms. The average Bonchev–Trinajstić information content (AvgIpc) is 3.30. The summed E-state index contributed by atoms with van der Waals surface area (Å²) < 4.78 is 5.72. The summed E-state index contributed by atoms with van der Waals surface area (Å²) >= 11 is 3.53. The second-order valence-corrected chi connectivity index (χ2v) is 9.24. The summed E-state index contributed by atoms with van der Waals surface area (Å²) in [5.41, 5.74) is 3.24. The van der Waals surface area contributed by atoms with Crippen molar-refractivity contribution in [1.29, 1.82) is 0 Å². The number of likely N-dealkylation sites (tertiary alicyclic amines) is 1. The van der Waals surface area contributed by atoms with Gasteiger partial charge in [0.25, 0.3) is 0 Å². The van der Waals surface area contributed by atoms with E-state index in [1.807, 2.05) is 30.5 Å². The van der Waals surface area contributed by atoms with E-state index >= 15 is 0 Å². The molecule has 0 amide bonds. The lowest BCUT2D eigenvalue weighted by molar-refractivity contribution is 0.255. The van der Waals surface area contributed by atoms with Crippen LogP contribution >= 0.6 is 22.7 Å². The van der Waals surface area contributed by atoms with Gasteiger partial charge >= 0.3 is 0 Å². The van der Waals surface area contributed by atoms with Crippen molar-refractivity contribution in [2.75, 3.05) is 26.7 Å². The van der Waals surface area contributed by atoms with Gasteiger partial charge in [0.05, 0.1) is 32.9 Å². The molecule has 0 radical (unpaired) electrons. The van der Waals surface area contributed by atoms with Gasteiger partial charge in [0.1, 0.15) is 5.75 Å². The van der Waals surface area contributed by atoms with Crippen molar-refractivity contribution < 1.29 is 4.74 Å². The number of piperidine rings is 1. The first kappa shape index (κ1) is 19.5. The Morgan fingerprint density at radius 1 is 1.25 bits per heavy atom. The molecule has 4 rings (SSSR count). The van der Waals surface area contributed by atoms with Crippen LogP contribution in [0.15, 0.2) is 23.8 Å². The smallest absolute Gasteiger partial charge is 0.125 e. The van der Waals surface area contributed by atoms with Crippen LogP contribution in [0.2, 0.25) is 0 Å². The highest BCUT2D eigenvalue weighted by molar-refractivity contribution is 7.16. The van der Waals surface area contributed by atoms with Gasteiger partial charge in [0, 0.05) is 35.7 Å².